The maximum atomic E-state index is 12.8. The minimum absolute atomic E-state index is 0.0597. The Morgan fingerprint density at radius 1 is 1.29 bits per heavy atom. The van der Waals surface area contributed by atoms with Gasteiger partial charge in [0.1, 0.15) is 5.52 Å². The molecular formula is C16H21N3O2. The van der Waals surface area contributed by atoms with Gasteiger partial charge in [0, 0.05) is 20.1 Å². The number of morpholine rings is 1. The van der Waals surface area contributed by atoms with E-state index >= 15 is 0 Å². The standard InChI is InChI=1S/C16H21N3O2/c1-11(2)12-8-13(15-14(9-12)18(3)10-17-15)16(20)19-4-6-21-7-5-19/h8-11H,4-7H2,1-3H3. The Hall–Kier alpha value is -1.88. The minimum Gasteiger partial charge on any atom is -0.378 e. The number of hydrogen-bond acceptors (Lipinski definition) is 3. The summed E-state index contributed by atoms with van der Waals surface area (Å²) in [5.41, 5.74) is 3.68. The summed E-state index contributed by atoms with van der Waals surface area (Å²) >= 11 is 0. The highest BCUT2D eigenvalue weighted by molar-refractivity contribution is 6.05. The van der Waals surface area contributed by atoms with Crippen LogP contribution in [0.15, 0.2) is 18.5 Å². The molecule has 0 aliphatic carbocycles. The lowest BCUT2D eigenvalue weighted by Crippen LogP contribution is -2.40. The molecule has 1 amide bonds. The quantitative estimate of drug-likeness (QED) is 0.850. The van der Waals surface area contributed by atoms with Crippen LogP contribution in [0.5, 0.6) is 0 Å². The maximum Gasteiger partial charge on any atom is 0.256 e. The zero-order valence-corrected chi connectivity index (χ0v) is 12.8. The fraction of sp³-hybridized carbons (Fsp3) is 0.500. The van der Waals surface area contributed by atoms with E-state index in [1.807, 2.05) is 22.6 Å². The number of rotatable bonds is 2. The first kappa shape index (κ1) is 14.1. The summed E-state index contributed by atoms with van der Waals surface area (Å²) in [4.78, 5) is 19.1. The first-order valence-corrected chi connectivity index (χ1v) is 7.40. The molecule has 1 aromatic heterocycles. The van der Waals surface area contributed by atoms with Crippen LogP contribution < -0.4 is 0 Å². The second kappa shape index (κ2) is 5.48. The van der Waals surface area contributed by atoms with Gasteiger partial charge in [-0.05, 0) is 23.6 Å². The number of benzene rings is 1. The van der Waals surface area contributed by atoms with Gasteiger partial charge >= 0.3 is 0 Å². The van der Waals surface area contributed by atoms with Gasteiger partial charge in [-0.15, -0.1) is 0 Å². The van der Waals surface area contributed by atoms with E-state index in [4.69, 9.17) is 4.74 Å². The molecule has 0 atom stereocenters. The van der Waals surface area contributed by atoms with Gasteiger partial charge in [-0.1, -0.05) is 13.8 Å². The molecule has 1 fully saturated rings. The Labute approximate surface area is 124 Å². The van der Waals surface area contributed by atoms with Crippen molar-refractivity contribution in [2.24, 2.45) is 7.05 Å². The molecule has 112 valence electrons. The first-order valence-electron chi connectivity index (χ1n) is 7.40. The summed E-state index contributed by atoms with van der Waals surface area (Å²) in [6.45, 7) is 6.81. The minimum atomic E-state index is 0.0597. The van der Waals surface area contributed by atoms with Gasteiger partial charge in [0.15, 0.2) is 0 Å². The van der Waals surface area contributed by atoms with E-state index in [1.165, 1.54) is 5.56 Å². The number of ether oxygens (including phenoxy) is 1. The molecule has 5 heteroatoms. The normalized spacial score (nSPS) is 15.9. The topological polar surface area (TPSA) is 47.4 Å². The maximum absolute atomic E-state index is 12.8. The molecule has 5 nitrogen and oxygen atoms in total. The van der Waals surface area contributed by atoms with E-state index in [1.54, 1.807) is 6.33 Å². The fourth-order valence-electron chi connectivity index (χ4n) is 2.69. The third kappa shape index (κ3) is 2.53. The van der Waals surface area contributed by atoms with E-state index in [9.17, 15) is 4.79 Å². The Bertz CT molecular complexity index is 669. The van der Waals surface area contributed by atoms with Crippen LogP contribution in [0.25, 0.3) is 11.0 Å². The number of imidazole rings is 1. The van der Waals surface area contributed by atoms with Crippen molar-refractivity contribution in [3.05, 3.63) is 29.6 Å². The third-order valence-electron chi connectivity index (χ3n) is 4.05. The van der Waals surface area contributed by atoms with Gasteiger partial charge in [0.25, 0.3) is 5.91 Å². The van der Waals surface area contributed by atoms with Crippen LogP contribution >= 0.6 is 0 Å². The molecular weight excluding hydrogens is 266 g/mol. The highest BCUT2D eigenvalue weighted by Crippen LogP contribution is 2.25. The molecule has 1 aliphatic rings. The zero-order chi connectivity index (χ0) is 15.0. The van der Waals surface area contributed by atoms with Crippen molar-refractivity contribution in [1.29, 1.82) is 0 Å². The molecule has 0 spiro atoms. The summed E-state index contributed by atoms with van der Waals surface area (Å²) in [6.07, 6.45) is 1.77. The number of amides is 1. The van der Waals surface area contributed by atoms with Gasteiger partial charge in [-0.2, -0.15) is 0 Å². The van der Waals surface area contributed by atoms with Gasteiger partial charge < -0.3 is 14.2 Å². The summed E-state index contributed by atoms with van der Waals surface area (Å²) < 4.78 is 7.30. The van der Waals surface area contributed by atoms with E-state index < -0.39 is 0 Å². The molecule has 1 aromatic carbocycles. The van der Waals surface area contributed by atoms with Crippen molar-refractivity contribution < 1.29 is 9.53 Å². The second-order valence-corrected chi connectivity index (χ2v) is 5.85. The highest BCUT2D eigenvalue weighted by Gasteiger charge is 2.22. The van der Waals surface area contributed by atoms with Crippen LogP contribution in [0, 0.1) is 0 Å². The van der Waals surface area contributed by atoms with Crippen molar-refractivity contribution in [3.63, 3.8) is 0 Å². The molecule has 0 saturated carbocycles. The average molecular weight is 287 g/mol. The van der Waals surface area contributed by atoms with Crippen molar-refractivity contribution in [3.8, 4) is 0 Å². The van der Waals surface area contributed by atoms with Gasteiger partial charge in [0.05, 0.1) is 30.6 Å². The molecule has 0 radical (unpaired) electrons. The molecule has 1 aliphatic heterocycles. The molecule has 0 N–H and O–H groups in total. The molecule has 2 heterocycles. The SMILES string of the molecule is CC(C)c1cc(C(=O)N2CCOCC2)c2ncn(C)c2c1. The highest BCUT2D eigenvalue weighted by atomic mass is 16.5. The van der Waals surface area contributed by atoms with Crippen molar-refractivity contribution in [2.45, 2.75) is 19.8 Å². The smallest absolute Gasteiger partial charge is 0.256 e. The molecule has 21 heavy (non-hydrogen) atoms. The summed E-state index contributed by atoms with van der Waals surface area (Å²) in [7, 11) is 1.96. The lowest BCUT2D eigenvalue weighted by Gasteiger charge is -2.27. The Morgan fingerprint density at radius 3 is 2.67 bits per heavy atom. The number of aromatic nitrogens is 2. The number of fused-ring (bicyclic) bond motifs is 1. The predicted octanol–water partition coefficient (Wildman–Crippen LogP) is 2.17. The van der Waals surface area contributed by atoms with Gasteiger partial charge in [0.2, 0.25) is 0 Å². The zero-order valence-electron chi connectivity index (χ0n) is 12.8. The average Bonchev–Trinajstić information content (AvgIpc) is 2.88. The Kier molecular flexibility index (Phi) is 3.68. The summed E-state index contributed by atoms with van der Waals surface area (Å²) in [6, 6.07) is 4.13. The van der Waals surface area contributed by atoms with Crippen LogP contribution in [0.3, 0.4) is 0 Å². The first-order chi connectivity index (χ1) is 10.1. The molecule has 0 unspecified atom stereocenters. The summed E-state index contributed by atoms with van der Waals surface area (Å²) in [5, 5.41) is 0. The van der Waals surface area contributed by atoms with E-state index in [2.05, 4.69) is 24.9 Å². The monoisotopic (exact) mass is 287 g/mol. The van der Waals surface area contributed by atoms with E-state index in [-0.39, 0.29) is 5.91 Å². The van der Waals surface area contributed by atoms with Crippen LogP contribution in [0.2, 0.25) is 0 Å². The number of carbonyl (C=O) groups excluding carboxylic acids is 1. The third-order valence-corrected chi connectivity index (χ3v) is 4.05. The van der Waals surface area contributed by atoms with Gasteiger partial charge in [-0.3, -0.25) is 4.79 Å². The predicted molar refractivity (Wildman–Crippen MR) is 81.5 cm³/mol. The van der Waals surface area contributed by atoms with E-state index in [0.717, 1.165) is 11.0 Å². The molecule has 3 rings (SSSR count). The number of nitrogens with zero attached hydrogens (tertiary/aromatic N) is 3. The number of hydrogen-bond donors (Lipinski definition) is 0. The van der Waals surface area contributed by atoms with Crippen molar-refractivity contribution >= 4 is 16.9 Å². The van der Waals surface area contributed by atoms with Crippen LogP contribution in [0.4, 0.5) is 0 Å². The van der Waals surface area contributed by atoms with Gasteiger partial charge in [-0.25, -0.2) is 4.98 Å². The van der Waals surface area contributed by atoms with Crippen LogP contribution in [-0.2, 0) is 11.8 Å². The molecule has 0 bridgehead atoms. The summed E-state index contributed by atoms with van der Waals surface area (Å²) in [5.74, 6) is 0.435. The fourth-order valence-corrected chi connectivity index (χ4v) is 2.69. The lowest BCUT2D eigenvalue weighted by molar-refractivity contribution is 0.0304. The Balaban J connectivity index is 2.09. The second-order valence-electron chi connectivity index (χ2n) is 5.85. The molecule has 1 saturated heterocycles. The van der Waals surface area contributed by atoms with Crippen LogP contribution in [0.1, 0.15) is 35.7 Å². The Morgan fingerprint density at radius 2 is 2.00 bits per heavy atom. The van der Waals surface area contributed by atoms with Crippen LogP contribution in [-0.4, -0.2) is 46.7 Å². The number of carbonyl (C=O) groups is 1. The molecule has 2 aromatic rings. The van der Waals surface area contributed by atoms with E-state index in [0.29, 0.717) is 37.8 Å². The number of aryl methyl sites for hydroxylation is 1. The largest absolute Gasteiger partial charge is 0.378 e. The lowest BCUT2D eigenvalue weighted by atomic mass is 9.98. The van der Waals surface area contributed by atoms with Crippen molar-refractivity contribution in [1.82, 2.24) is 14.5 Å². The van der Waals surface area contributed by atoms with Crippen molar-refractivity contribution in [2.75, 3.05) is 26.3 Å².